The van der Waals surface area contributed by atoms with Crippen LogP contribution in [0.1, 0.15) is 25.3 Å². The van der Waals surface area contributed by atoms with E-state index in [1.807, 2.05) is 25.1 Å². The van der Waals surface area contributed by atoms with Crippen LogP contribution in [0.15, 0.2) is 81.4 Å². The van der Waals surface area contributed by atoms with Crippen LogP contribution in [-0.2, 0) is 0 Å². The Bertz CT molecular complexity index is 1030. The summed E-state index contributed by atoms with van der Waals surface area (Å²) in [5.74, 6) is 0. The van der Waals surface area contributed by atoms with Crippen LogP contribution in [0.3, 0.4) is 0 Å². The number of benzene rings is 2. The average molecular weight is 313 g/mol. The third-order valence-corrected chi connectivity index (χ3v) is 4.59. The molecule has 0 spiro atoms. The molecule has 3 aromatic rings. The lowest BCUT2D eigenvalue weighted by Crippen LogP contribution is -1.94. The Balaban J connectivity index is 1.83. The molecule has 1 aliphatic carbocycles. The number of nitrogens with zero attached hydrogens (tertiary/aromatic N) is 1. The summed E-state index contributed by atoms with van der Waals surface area (Å²) in [7, 11) is 0. The molecule has 2 heteroatoms. The van der Waals surface area contributed by atoms with Gasteiger partial charge in [-0.3, -0.25) is 4.99 Å². The number of para-hydroxylation sites is 1. The molecule has 0 bridgehead atoms. The number of fused-ring (bicyclic) bond motifs is 3. The van der Waals surface area contributed by atoms with Gasteiger partial charge in [0.25, 0.3) is 0 Å². The van der Waals surface area contributed by atoms with E-state index in [1.165, 1.54) is 21.9 Å². The highest BCUT2D eigenvalue weighted by Crippen LogP contribution is 2.34. The van der Waals surface area contributed by atoms with Gasteiger partial charge in [-0.1, -0.05) is 36.4 Å². The van der Waals surface area contributed by atoms with Crippen molar-refractivity contribution in [1.82, 2.24) is 0 Å². The predicted octanol–water partition coefficient (Wildman–Crippen LogP) is 6.29. The van der Waals surface area contributed by atoms with E-state index in [4.69, 9.17) is 4.42 Å². The molecule has 2 nitrogen and oxygen atoms in total. The van der Waals surface area contributed by atoms with Gasteiger partial charge < -0.3 is 4.42 Å². The van der Waals surface area contributed by atoms with E-state index in [0.717, 1.165) is 35.3 Å². The summed E-state index contributed by atoms with van der Waals surface area (Å²) in [6.45, 7) is 5.67. The third kappa shape index (κ3) is 2.41. The number of furan rings is 1. The van der Waals surface area contributed by atoms with Gasteiger partial charge in [0.2, 0.25) is 0 Å². The number of rotatable bonds is 3. The SMILES string of the molecule is C=N/C(=C\C)C1=CCCC(c2ccc3oc4ccccc4c3c2)=C1. The number of hydrogen-bond donors (Lipinski definition) is 0. The molecule has 1 heterocycles. The van der Waals surface area contributed by atoms with Gasteiger partial charge in [0, 0.05) is 10.8 Å². The fourth-order valence-electron chi connectivity index (χ4n) is 3.38. The molecule has 24 heavy (non-hydrogen) atoms. The molecule has 0 saturated heterocycles. The van der Waals surface area contributed by atoms with E-state index in [2.05, 4.69) is 54.2 Å². The summed E-state index contributed by atoms with van der Waals surface area (Å²) in [6.07, 6.45) is 8.54. The Hall–Kier alpha value is -2.87. The van der Waals surface area contributed by atoms with E-state index < -0.39 is 0 Å². The molecule has 1 aliphatic rings. The van der Waals surface area contributed by atoms with Crippen molar-refractivity contribution < 1.29 is 4.42 Å². The summed E-state index contributed by atoms with van der Waals surface area (Å²) >= 11 is 0. The van der Waals surface area contributed by atoms with E-state index in [9.17, 15) is 0 Å². The van der Waals surface area contributed by atoms with Crippen molar-refractivity contribution in [2.45, 2.75) is 19.8 Å². The van der Waals surface area contributed by atoms with Gasteiger partial charge in [0.1, 0.15) is 11.2 Å². The van der Waals surface area contributed by atoms with E-state index in [0.29, 0.717) is 0 Å². The van der Waals surface area contributed by atoms with Crippen LogP contribution in [-0.4, -0.2) is 6.72 Å². The van der Waals surface area contributed by atoms with Crippen molar-refractivity contribution in [1.29, 1.82) is 0 Å². The van der Waals surface area contributed by atoms with Gasteiger partial charge in [0.05, 0.1) is 5.70 Å². The molecule has 0 saturated carbocycles. The zero-order valence-corrected chi connectivity index (χ0v) is 13.8. The van der Waals surface area contributed by atoms with Crippen LogP contribution >= 0.6 is 0 Å². The minimum atomic E-state index is 0.939. The first-order valence-electron chi connectivity index (χ1n) is 8.26. The monoisotopic (exact) mass is 313 g/mol. The Morgan fingerprint density at radius 1 is 1.12 bits per heavy atom. The quantitative estimate of drug-likeness (QED) is 0.521. The maximum atomic E-state index is 5.93. The van der Waals surface area contributed by atoms with Crippen LogP contribution in [0.5, 0.6) is 0 Å². The van der Waals surface area contributed by atoms with Crippen LogP contribution < -0.4 is 0 Å². The summed E-state index contributed by atoms with van der Waals surface area (Å²) in [5, 5.41) is 2.34. The van der Waals surface area contributed by atoms with Gasteiger partial charge >= 0.3 is 0 Å². The molecule has 118 valence electrons. The van der Waals surface area contributed by atoms with Crippen LogP contribution in [0.2, 0.25) is 0 Å². The second kappa shape index (κ2) is 5.97. The Labute approximate surface area is 141 Å². The second-order valence-electron chi connectivity index (χ2n) is 6.01. The standard InChI is InChI=1S/C22H19NO/c1-3-20(23-2)17-8-6-7-15(13-17)16-11-12-22-19(14-16)18-9-4-5-10-21(18)24-22/h3-5,8-14H,2,6-7H2,1H3/b20-3-. The first-order chi connectivity index (χ1) is 11.8. The maximum Gasteiger partial charge on any atom is 0.135 e. The number of aliphatic imine (C=N–C) groups is 1. The predicted molar refractivity (Wildman–Crippen MR) is 102 cm³/mol. The lowest BCUT2D eigenvalue weighted by Gasteiger charge is -2.14. The third-order valence-electron chi connectivity index (χ3n) is 4.59. The van der Waals surface area contributed by atoms with Gasteiger partial charge in [-0.25, -0.2) is 0 Å². The van der Waals surface area contributed by atoms with Crippen molar-refractivity contribution in [3.8, 4) is 0 Å². The summed E-state index contributed by atoms with van der Waals surface area (Å²) < 4.78 is 5.93. The Morgan fingerprint density at radius 3 is 2.79 bits per heavy atom. The molecular weight excluding hydrogens is 294 g/mol. The highest BCUT2D eigenvalue weighted by Gasteiger charge is 2.12. The summed E-state index contributed by atoms with van der Waals surface area (Å²) in [5.41, 5.74) is 6.57. The number of hydrogen-bond acceptors (Lipinski definition) is 2. The number of allylic oxidation sites excluding steroid dienone is 4. The van der Waals surface area contributed by atoms with Crippen LogP contribution in [0.25, 0.3) is 27.5 Å². The van der Waals surface area contributed by atoms with Crippen molar-refractivity contribution in [2.24, 2.45) is 4.99 Å². The maximum absolute atomic E-state index is 5.93. The molecule has 0 N–H and O–H groups in total. The Morgan fingerprint density at radius 2 is 1.96 bits per heavy atom. The lowest BCUT2D eigenvalue weighted by molar-refractivity contribution is 0.669. The summed E-state index contributed by atoms with van der Waals surface area (Å²) in [4.78, 5) is 4.12. The molecule has 0 aliphatic heterocycles. The minimum Gasteiger partial charge on any atom is -0.456 e. The topological polar surface area (TPSA) is 25.5 Å². The molecule has 2 aromatic carbocycles. The minimum absolute atomic E-state index is 0.939. The van der Waals surface area contributed by atoms with Crippen LogP contribution in [0.4, 0.5) is 0 Å². The van der Waals surface area contributed by atoms with Crippen LogP contribution in [0, 0.1) is 0 Å². The van der Waals surface area contributed by atoms with E-state index in [-0.39, 0.29) is 0 Å². The smallest absolute Gasteiger partial charge is 0.135 e. The average Bonchev–Trinajstić information content (AvgIpc) is 3.01. The molecule has 4 rings (SSSR count). The molecule has 0 atom stereocenters. The molecule has 0 unspecified atom stereocenters. The second-order valence-corrected chi connectivity index (χ2v) is 6.01. The highest BCUT2D eigenvalue weighted by molar-refractivity contribution is 6.05. The fraction of sp³-hybridized carbons (Fsp3) is 0.136. The van der Waals surface area contributed by atoms with E-state index in [1.54, 1.807) is 0 Å². The van der Waals surface area contributed by atoms with Gasteiger partial charge in [-0.15, -0.1) is 0 Å². The fourth-order valence-corrected chi connectivity index (χ4v) is 3.38. The van der Waals surface area contributed by atoms with Crippen molar-refractivity contribution >= 4 is 34.2 Å². The Kier molecular flexibility index (Phi) is 3.66. The van der Waals surface area contributed by atoms with Gasteiger partial charge in [-0.05, 0) is 67.5 Å². The molecule has 1 aromatic heterocycles. The molecule has 0 radical (unpaired) electrons. The van der Waals surface area contributed by atoms with Crippen molar-refractivity contribution in [3.05, 3.63) is 77.5 Å². The highest BCUT2D eigenvalue weighted by atomic mass is 16.3. The molecule has 0 amide bonds. The molecular formula is C22H19NO. The normalized spacial score (nSPS) is 15.5. The first-order valence-corrected chi connectivity index (χ1v) is 8.26. The van der Waals surface area contributed by atoms with Crippen molar-refractivity contribution in [3.63, 3.8) is 0 Å². The first kappa shape index (κ1) is 14.7. The lowest BCUT2D eigenvalue weighted by atomic mass is 9.91. The zero-order chi connectivity index (χ0) is 16.5. The molecule has 0 fully saturated rings. The van der Waals surface area contributed by atoms with E-state index >= 15 is 0 Å². The van der Waals surface area contributed by atoms with Gasteiger partial charge in [-0.2, -0.15) is 0 Å². The van der Waals surface area contributed by atoms with Gasteiger partial charge in [0.15, 0.2) is 0 Å². The zero-order valence-electron chi connectivity index (χ0n) is 13.8. The van der Waals surface area contributed by atoms with Crippen molar-refractivity contribution in [2.75, 3.05) is 0 Å². The largest absolute Gasteiger partial charge is 0.456 e. The summed E-state index contributed by atoms with van der Waals surface area (Å²) in [6, 6.07) is 14.7.